The third-order valence-corrected chi connectivity index (χ3v) is 2.70. The molecule has 1 aromatic carbocycles. The smallest absolute Gasteiger partial charge is 0.317 e. The van der Waals surface area contributed by atoms with E-state index in [1.807, 2.05) is 18.1 Å². The summed E-state index contributed by atoms with van der Waals surface area (Å²) in [6.07, 6.45) is 5.02. The van der Waals surface area contributed by atoms with Gasteiger partial charge in [0, 0.05) is 25.3 Å². The highest BCUT2D eigenvalue weighted by molar-refractivity contribution is 6.03. The molecule has 0 unspecified atom stereocenters. The lowest BCUT2D eigenvalue weighted by molar-refractivity contribution is -0.111. The molecule has 1 aliphatic rings. The van der Waals surface area contributed by atoms with Crippen LogP contribution in [0.4, 0.5) is 10.5 Å². The number of benzene rings is 1. The molecule has 0 atom stereocenters. The predicted octanol–water partition coefficient (Wildman–Crippen LogP) is 0.783. The summed E-state index contributed by atoms with van der Waals surface area (Å²) in [7, 11) is 0. The molecule has 2 rings (SSSR count). The van der Waals surface area contributed by atoms with Crippen LogP contribution < -0.4 is 10.6 Å². The fourth-order valence-corrected chi connectivity index (χ4v) is 1.81. The van der Waals surface area contributed by atoms with Crippen LogP contribution in [-0.2, 0) is 11.3 Å². The molecule has 0 saturated carbocycles. The number of terminal acetylenes is 1. The zero-order valence-electron chi connectivity index (χ0n) is 9.77. The van der Waals surface area contributed by atoms with Gasteiger partial charge in [0.15, 0.2) is 0 Å². The van der Waals surface area contributed by atoms with Gasteiger partial charge in [-0.25, -0.2) is 4.79 Å². The molecule has 0 radical (unpaired) electrons. The van der Waals surface area contributed by atoms with Crippen molar-refractivity contribution in [3.05, 3.63) is 29.8 Å². The van der Waals surface area contributed by atoms with Gasteiger partial charge in [-0.3, -0.25) is 4.79 Å². The van der Waals surface area contributed by atoms with Gasteiger partial charge >= 0.3 is 6.03 Å². The van der Waals surface area contributed by atoms with Gasteiger partial charge in [0.1, 0.15) is 0 Å². The van der Waals surface area contributed by atoms with E-state index in [4.69, 9.17) is 6.42 Å². The van der Waals surface area contributed by atoms with Gasteiger partial charge in [-0.1, -0.05) is 18.2 Å². The summed E-state index contributed by atoms with van der Waals surface area (Å²) in [4.78, 5) is 24.3. The van der Waals surface area contributed by atoms with Crippen molar-refractivity contribution in [2.24, 2.45) is 0 Å². The average molecular weight is 243 g/mol. The Kier molecular flexibility index (Phi) is 3.49. The fourth-order valence-electron chi connectivity index (χ4n) is 1.81. The van der Waals surface area contributed by atoms with Crippen molar-refractivity contribution in [1.82, 2.24) is 10.2 Å². The summed E-state index contributed by atoms with van der Waals surface area (Å²) in [5.41, 5.74) is 1.50. The standard InChI is InChI=1S/C13H13N3O2/c1-2-12(17)15-11-6-4-3-5-10(11)9-16-8-7-14-13(16)18/h1,3-6H,7-9H2,(H,14,18)(H,15,17). The number of amides is 3. The van der Waals surface area contributed by atoms with Gasteiger partial charge in [0.25, 0.3) is 5.91 Å². The number of nitrogens with one attached hydrogen (secondary N) is 2. The van der Waals surface area contributed by atoms with E-state index in [0.29, 0.717) is 25.3 Å². The van der Waals surface area contributed by atoms with Crippen LogP contribution in [0.2, 0.25) is 0 Å². The van der Waals surface area contributed by atoms with E-state index in [-0.39, 0.29) is 6.03 Å². The number of urea groups is 1. The predicted molar refractivity (Wildman–Crippen MR) is 67.7 cm³/mol. The Morgan fingerprint density at radius 2 is 2.28 bits per heavy atom. The Hall–Kier alpha value is -2.48. The van der Waals surface area contributed by atoms with Crippen molar-refractivity contribution in [3.8, 4) is 12.3 Å². The normalized spacial score (nSPS) is 13.9. The molecule has 1 fully saturated rings. The minimum absolute atomic E-state index is 0.0897. The number of para-hydroxylation sites is 1. The first-order chi connectivity index (χ1) is 8.70. The lowest BCUT2D eigenvalue weighted by atomic mass is 10.1. The summed E-state index contributed by atoms with van der Waals surface area (Å²) in [6.45, 7) is 1.76. The van der Waals surface area contributed by atoms with E-state index < -0.39 is 5.91 Å². The number of nitrogens with zero attached hydrogens (tertiary/aromatic N) is 1. The topological polar surface area (TPSA) is 61.4 Å². The zero-order chi connectivity index (χ0) is 13.0. The van der Waals surface area contributed by atoms with E-state index >= 15 is 0 Å². The highest BCUT2D eigenvalue weighted by atomic mass is 16.2. The quantitative estimate of drug-likeness (QED) is 0.771. The van der Waals surface area contributed by atoms with E-state index in [2.05, 4.69) is 10.6 Å². The first-order valence-corrected chi connectivity index (χ1v) is 5.59. The van der Waals surface area contributed by atoms with Crippen LogP contribution in [0.5, 0.6) is 0 Å². The molecule has 2 N–H and O–H groups in total. The molecule has 18 heavy (non-hydrogen) atoms. The Morgan fingerprint density at radius 3 is 2.94 bits per heavy atom. The SMILES string of the molecule is C#CC(=O)Nc1ccccc1CN1CCNC1=O. The Labute approximate surface area is 105 Å². The van der Waals surface area contributed by atoms with Gasteiger partial charge in [-0.2, -0.15) is 0 Å². The summed E-state index contributed by atoms with van der Waals surface area (Å²) >= 11 is 0. The molecule has 1 heterocycles. The zero-order valence-corrected chi connectivity index (χ0v) is 9.77. The second-order valence-corrected chi connectivity index (χ2v) is 3.91. The lowest BCUT2D eigenvalue weighted by Crippen LogP contribution is -2.28. The van der Waals surface area contributed by atoms with Crippen LogP contribution in [0.3, 0.4) is 0 Å². The van der Waals surface area contributed by atoms with Gasteiger partial charge in [-0.05, 0) is 17.6 Å². The third-order valence-electron chi connectivity index (χ3n) is 2.70. The molecule has 0 aromatic heterocycles. The molecular formula is C13H13N3O2. The highest BCUT2D eigenvalue weighted by Gasteiger charge is 2.20. The Bertz CT molecular complexity index is 519. The van der Waals surface area contributed by atoms with Gasteiger partial charge in [0.2, 0.25) is 0 Å². The number of rotatable bonds is 3. The largest absolute Gasteiger partial charge is 0.336 e. The van der Waals surface area contributed by atoms with Crippen molar-refractivity contribution in [3.63, 3.8) is 0 Å². The molecule has 1 saturated heterocycles. The van der Waals surface area contributed by atoms with Crippen molar-refractivity contribution in [1.29, 1.82) is 0 Å². The van der Waals surface area contributed by atoms with Crippen molar-refractivity contribution in [2.45, 2.75) is 6.54 Å². The lowest BCUT2D eigenvalue weighted by Gasteiger charge is -2.16. The molecule has 0 bridgehead atoms. The fraction of sp³-hybridized carbons (Fsp3) is 0.231. The van der Waals surface area contributed by atoms with Crippen LogP contribution in [0, 0.1) is 12.3 Å². The number of carbonyl (C=O) groups is 2. The number of hydrogen-bond donors (Lipinski definition) is 2. The summed E-state index contributed by atoms with van der Waals surface area (Å²) in [6, 6.07) is 7.19. The second kappa shape index (κ2) is 5.23. The second-order valence-electron chi connectivity index (χ2n) is 3.91. The van der Waals surface area contributed by atoms with E-state index in [1.54, 1.807) is 17.0 Å². The number of carbonyl (C=O) groups excluding carboxylic acids is 2. The Morgan fingerprint density at radius 1 is 1.50 bits per heavy atom. The van der Waals surface area contributed by atoms with Crippen LogP contribution in [-0.4, -0.2) is 29.9 Å². The molecule has 0 aliphatic carbocycles. The van der Waals surface area contributed by atoms with Crippen molar-refractivity contribution >= 4 is 17.6 Å². The van der Waals surface area contributed by atoms with Gasteiger partial charge in [-0.15, -0.1) is 6.42 Å². The Balaban J connectivity index is 2.14. The van der Waals surface area contributed by atoms with Crippen LogP contribution >= 0.6 is 0 Å². The first kappa shape index (κ1) is 12.0. The molecule has 92 valence electrons. The molecular weight excluding hydrogens is 230 g/mol. The number of hydrogen-bond acceptors (Lipinski definition) is 2. The first-order valence-electron chi connectivity index (χ1n) is 5.59. The van der Waals surface area contributed by atoms with E-state index in [1.165, 1.54) is 0 Å². The summed E-state index contributed by atoms with van der Waals surface area (Å²) < 4.78 is 0. The average Bonchev–Trinajstić information content (AvgIpc) is 2.77. The van der Waals surface area contributed by atoms with E-state index in [0.717, 1.165) is 5.56 Å². The van der Waals surface area contributed by atoms with Crippen molar-refractivity contribution < 1.29 is 9.59 Å². The van der Waals surface area contributed by atoms with Gasteiger partial charge < -0.3 is 15.5 Å². The minimum atomic E-state index is -0.492. The monoisotopic (exact) mass is 243 g/mol. The molecule has 1 aliphatic heterocycles. The molecule has 5 nitrogen and oxygen atoms in total. The summed E-state index contributed by atoms with van der Waals surface area (Å²) in [5, 5.41) is 5.34. The van der Waals surface area contributed by atoms with Crippen LogP contribution in [0.25, 0.3) is 0 Å². The van der Waals surface area contributed by atoms with Crippen molar-refractivity contribution in [2.75, 3.05) is 18.4 Å². The summed E-state index contributed by atoms with van der Waals surface area (Å²) in [5.74, 6) is 1.51. The minimum Gasteiger partial charge on any atom is -0.336 e. The van der Waals surface area contributed by atoms with Crippen LogP contribution in [0.1, 0.15) is 5.56 Å². The van der Waals surface area contributed by atoms with Crippen LogP contribution in [0.15, 0.2) is 24.3 Å². The van der Waals surface area contributed by atoms with Gasteiger partial charge in [0.05, 0.1) is 0 Å². The highest BCUT2D eigenvalue weighted by Crippen LogP contribution is 2.18. The molecule has 1 aromatic rings. The third kappa shape index (κ3) is 2.61. The molecule has 0 spiro atoms. The number of anilines is 1. The molecule has 3 amide bonds. The maximum absolute atomic E-state index is 11.5. The maximum Gasteiger partial charge on any atom is 0.317 e. The maximum atomic E-state index is 11.5. The van der Waals surface area contributed by atoms with E-state index in [9.17, 15) is 9.59 Å². The molecule has 5 heteroatoms.